The van der Waals surface area contributed by atoms with Crippen LogP contribution in [0, 0.1) is 29.1 Å². The molecule has 0 N–H and O–H groups in total. The molecule has 0 radical (unpaired) electrons. The van der Waals surface area contributed by atoms with Gasteiger partial charge >= 0.3 is 0 Å². The fourth-order valence-corrected chi connectivity index (χ4v) is 6.15. The molecule has 0 unspecified atom stereocenters. The Hall–Kier alpha value is -1.61. The van der Waals surface area contributed by atoms with E-state index < -0.39 is 0 Å². The number of nitrogens with zero attached hydrogens (tertiary/aromatic N) is 3. The molecule has 25 heavy (non-hydrogen) atoms. The maximum Gasteiger partial charge on any atom is 0.249 e. The molecule has 0 aromatic carbocycles. The lowest BCUT2D eigenvalue weighted by molar-refractivity contribution is -0.158. The van der Waals surface area contributed by atoms with Crippen molar-refractivity contribution in [3.05, 3.63) is 0 Å². The Balaban J connectivity index is 1.52. The molecule has 6 nitrogen and oxygen atoms in total. The number of rotatable bonds is 5. The summed E-state index contributed by atoms with van der Waals surface area (Å²) in [6.45, 7) is 1.68. The third kappa shape index (κ3) is 3.15. The van der Waals surface area contributed by atoms with Gasteiger partial charge in [-0.2, -0.15) is 5.26 Å². The Labute approximate surface area is 149 Å². The first-order chi connectivity index (χ1) is 12.1. The van der Waals surface area contributed by atoms with Crippen LogP contribution in [0.15, 0.2) is 0 Å². The average Bonchev–Trinajstić information content (AvgIpc) is 2.56. The largest absolute Gasteiger partial charge is 0.370 e. The molecule has 1 aliphatic heterocycles. The van der Waals surface area contributed by atoms with Crippen LogP contribution in [0.4, 0.5) is 0 Å². The van der Waals surface area contributed by atoms with Crippen molar-refractivity contribution in [2.24, 2.45) is 17.8 Å². The second kappa shape index (κ2) is 6.60. The van der Waals surface area contributed by atoms with Gasteiger partial charge in [0.15, 0.2) is 0 Å². The van der Waals surface area contributed by atoms with Gasteiger partial charge in [0, 0.05) is 18.6 Å². The number of hydrogen-bond donors (Lipinski definition) is 0. The standard InChI is InChI=1S/C19H27N3O3/c20-2-1-3-22(17(23)12-21-4-5-25-13-18(21)24)19-9-14-6-15(10-19)8-16(7-14)11-19/h14-16H,1,3-13H2. The van der Waals surface area contributed by atoms with Gasteiger partial charge in [0.2, 0.25) is 11.8 Å². The molecule has 136 valence electrons. The van der Waals surface area contributed by atoms with E-state index in [1.165, 1.54) is 19.3 Å². The molecule has 0 aromatic rings. The third-order valence-electron chi connectivity index (χ3n) is 6.74. The van der Waals surface area contributed by atoms with Gasteiger partial charge in [0.25, 0.3) is 0 Å². The van der Waals surface area contributed by atoms with Gasteiger partial charge in [-0.15, -0.1) is 0 Å². The van der Waals surface area contributed by atoms with Gasteiger partial charge in [-0.1, -0.05) is 0 Å². The molecule has 4 aliphatic carbocycles. The predicted octanol–water partition coefficient (Wildman–Crippen LogP) is 1.56. The smallest absolute Gasteiger partial charge is 0.249 e. The van der Waals surface area contributed by atoms with E-state index in [0.717, 1.165) is 37.0 Å². The lowest BCUT2D eigenvalue weighted by Crippen LogP contribution is -2.63. The summed E-state index contributed by atoms with van der Waals surface area (Å²) in [6.07, 6.45) is 7.60. The molecule has 4 bridgehead atoms. The van der Waals surface area contributed by atoms with Crippen LogP contribution in [0.3, 0.4) is 0 Å². The normalized spacial score (nSPS) is 36.4. The van der Waals surface area contributed by atoms with E-state index in [2.05, 4.69) is 6.07 Å². The summed E-state index contributed by atoms with van der Waals surface area (Å²) in [4.78, 5) is 28.8. The number of hydrogen-bond acceptors (Lipinski definition) is 4. The Morgan fingerprint density at radius 1 is 1.24 bits per heavy atom. The molecule has 1 saturated heterocycles. The fraction of sp³-hybridized carbons (Fsp3) is 0.842. The maximum atomic E-state index is 13.2. The third-order valence-corrected chi connectivity index (χ3v) is 6.74. The van der Waals surface area contributed by atoms with Gasteiger partial charge in [0.1, 0.15) is 6.61 Å². The molecule has 5 fully saturated rings. The van der Waals surface area contributed by atoms with Crippen molar-refractivity contribution < 1.29 is 14.3 Å². The lowest BCUT2D eigenvalue weighted by Gasteiger charge is -2.60. The zero-order valence-electron chi connectivity index (χ0n) is 14.8. The van der Waals surface area contributed by atoms with E-state index in [-0.39, 0.29) is 30.5 Å². The van der Waals surface area contributed by atoms with E-state index in [0.29, 0.717) is 26.1 Å². The first kappa shape index (κ1) is 16.8. The fourth-order valence-electron chi connectivity index (χ4n) is 6.15. The molecular weight excluding hydrogens is 318 g/mol. The Kier molecular flexibility index (Phi) is 4.45. The van der Waals surface area contributed by atoms with Crippen molar-refractivity contribution >= 4 is 11.8 Å². The second-order valence-corrected chi connectivity index (χ2v) is 8.46. The summed E-state index contributed by atoms with van der Waals surface area (Å²) >= 11 is 0. The molecule has 5 aliphatic rings. The molecule has 0 aromatic heterocycles. The summed E-state index contributed by atoms with van der Waals surface area (Å²) in [5, 5.41) is 9.07. The second-order valence-electron chi connectivity index (χ2n) is 8.46. The molecule has 0 spiro atoms. The minimum absolute atomic E-state index is 0.0208. The number of carbonyl (C=O) groups excluding carboxylic acids is 2. The first-order valence-electron chi connectivity index (χ1n) is 9.62. The molecule has 1 heterocycles. The number of amides is 2. The van der Waals surface area contributed by atoms with E-state index >= 15 is 0 Å². The highest BCUT2D eigenvalue weighted by Gasteiger charge is 2.54. The molecule has 0 atom stereocenters. The lowest BCUT2D eigenvalue weighted by atomic mass is 9.52. The summed E-state index contributed by atoms with van der Waals surface area (Å²) in [5.41, 5.74) is -0.0575. The van der Waals surface area contributed by atoms with Crippen molar-refractivity contribution in [3.8, 4) is 6.07 Å². The van der Waals surface area contributed by atoms with Crippen molar-refractivity contribution in [2.75, 3.05) is 32.8 Å². The number of nitriles is 1. The minimum atomic E-state index is -0.106. The van der Waals surface area contributed by atoms with Crippen LogP contribution < -0.4 is 0 Å². The van der Waals surface area contributed by atoms with Gasteiger partial charge in [-0.25, -0.2) is 0 Å². The monoisotopic (exact) mass is 345 g/mol. The summed E-state index contributed by atoms with van der Waals surface area (Å²) in [5.74, 6) is 2.15. The van der Waals surface area contributed by atoms with Crippen LogP contribution in [0.2, 0.25) is 0 Å². The quantitative estimate of drug-likeness (QED) is 0.758. The molecule has 6 heteroatoms. The van der Waals surface area contributed by atoms with E-state index in [1.807, 2.05) is 4.90 Å². The van der Waals surface area contributed by atoms with Crippen LogP contribution >= 0.6 is 0 Å². The Morgan fingerprint density at radius 2 is 1.88 bits per heavy atom. The zero-order valence-corrected chi connectivity index (χ0v) is 14.8. The minimum Gasteiger partial charge on any atom is -0.370 e. The van der Waals surface area contributed by atoms with Gasteiger partial charge in [0.05, 0.1) is 25.6 Å². The summed E-state index contributed by atoms with van der Waals surface area (Å²) in [6, 6.07) is 2.20. The van der Waals surface area contributed by atoms with Gasteiger partial charge in [-0.3, -0.25) is 9.59 Å². The van der Waals surface area contributed by atoms with Crippen LogP contribution in [-0.2, 0) is 14.3 Å². The van der Waals surface area contributed by atoms with E-state index in [4.69, 9.17) is 10.00 Å². The highest BCUT2D eigenvalue weighted by Crippen LogP contribution is 2.57. The Bertz CT molecular complexity index is 562. The highest BCUT2D eigenvalue weighted by molar-refractivity contribution is 5.86. The predicted molar refractivity (Wildman–Crippen MR) is 90.2 cm³/mol. The van der Waals surface area contributed by atoms with Gasteiger partial charge in [-0.05, 0) is 56.3 Å². The van der Waals surface area contributed by atoms with Crippen molar-refractivity contribution in [3.63, 3.8) is 0 Å². The number of carbonyl (C=O) groups is 2. The van der Waals surface area contributed by atoms with Crippen molar-refractivity contribution in [1.82, 2.24) is 9.80 Å². The zero-order chi connectivity index (χ0) is 17.4. The summed E-state index contributed by atoms with van der Waals surface area (Å²) < 4.78 is 5.16. The van der Waals surface area contributed by atoms with Crippen LogP contribution in [0.1, 0.15) is 44.9 Å². The van der Waals surface area contributed by atoms with Crippen LogP contribution in [-0.4, -0.2) is 60.0 Å². The summed E-state index contributed by atoms with van der Waals surface area (Å²) in [7, 11) is 0. The molecular formula is C19H27N3O3. The van der Waals surface area contributed by atoms with Crippen LogP contribution in [0.25, 0.3) is 0 Å². The van der Waals surface area contributed by atoms with Crippen molar-refractivity contribution in [1.29, 1.82) is 5.26 Å². The SMILES string of the molecule is N#CCCN(C(=O)CN1CCOCC1=O)C12CC3CC(CC(C3)C1)C2. The average molecular weight is 345 g/mol. The Morgan fingerprint density at radius 3 is 2.44 bits per heavy atom. The van der Waals surface area contributed by atoms with Crippen molar-refractivity contribution in [2.45, 2.75) is 50.5 Å². The molecule has 2 amide bonds. The number of ether oxygens (including phenoxy) is 1. The van der Waals surface area contributed by atoms with E-state index in [9.17, 15) is 9.59 Å². The topological polar surface area (TPSA) is 73.6 Å². The molecule has 5 rings (SSSR count). The van der Waals surface area contributed by atoms with Gasteiger partial charge < -0.3 is 14.5 Å². The molecule has 4 saturated carbocycles. The highest BCUT2D eigenvalue weighted by atomic mass is 16.5. The maximum absolute atomic E-state index is 13.2. The van der Waals surface area contributed by atoms with Crippen LogP contribution in [0.5, 0.6) is 0 Å². The number of morpholine rings is 1. The van der Waals surface area contributed by atoms with E-state index in [1.54, 1.807) is 4.90 Å². The first-order valence-corrected chi connectivity index (χ1v) is 9.62.